The molecule has 0 atom stereocenters. The van der Waals surface area contributed by atoms with Crippen molar-refractivity contribution in [2.24, 2.45) is 0 Å². The molecular weight excluding hydrogens is 413 g/mol. The summed E-state index contributed by atoms with van der Waals surface area (Å²) in [5.74, 6) is 5.06. The molecule has 0 aliphatic carbocycles. The normalized spacial score (nSPS) is 10.5. The first-order valence-electron chi connectivity index (χ1n) is 8.65. The van der Waals surface area contributed by atoms with E-state index in [1.807, 2.05) is 0 Å². The summed E-state index contributed by atoms with van der Waals surface area (Å²) in [6.45, 7) is -0.0796. The molecule has 1 amide bonds. The maximum atomic E-state index is 13.6. The highest BCUT2D eigenvalue weighted by Crippen LogP contribution is 2.19. The first kappa shape index (κ1) is 21.1. The molecule has 156 valence electrons. The van der Waals surface area contributed by atoms with Gasteiger partial charge in [-0.2, -0.15) is 0 Å². The summed E-state index contributed by atoms with van der Waals surface area (Å²) in [6, 6.07) is 12.3. The van der Waals surface area contributed by atoms with Crippen molar-refractivity contribution in [3.05, 3.63) is 65.7 Å². The van der Waals surface area contributed by atoms with Crippen LogP contribution in [0.3, 0.4) is 0 Å². The third kappa shape index (κ3) is 5.26. The molecule has 0 fully saturated rings. The van der Waals surface area contributed by atoms with Crippen LogP contribution in [0.2, 0.25) is 0 Å². The molecule has 1 heterocycles. The van der Waals surface area contributed by atoms with E-state index in [4.69, 9.17) is 10.6 Å². The zero-order valence-electron chi connectivity index (χ0n) is 15.9. The van der Waals surface area contributed by atoms with E-state index in [2.05, 4.69) is 20.3 Å². The Morgan fingerprint density at radius 2 is 1.90 bits per heavy atom. The van der Waals surface area contributed by atoms with E-state index in [9.17, 15) is 14.0 Å². The molecule has 0 bridgehead atoms. The van der Waals surface area contributed by atoms with Crippen molar-refractivity contribution in [1.29, 1.82) is 0 Å². The summed E-state index contributed by atoms with van der Waals surface area (Å²) >= 11 is 1.08. The monoisotopic (exact) mass is 431 g/mol. The molecule has 0 aliphatic heterocycles. The van der Waals surface area contributed by atoms with E-state index in [1.165, 1.54) is 23.9 Å². The van der Waals surface area contributed by atoms with Crippen LogP contribution in [0.15, 0.2) is 53.7 Å². The number of carbonyl (C=O) groups excluding carboxylic acids is 2. The molecule has 3 aromatic rings. The van der Waals surface area contributed by atoms with Crippen molar-refractivity contribution in [3.8, 4) is 5.75 Å². The van der Waals surface area contributed by atoms with Gasteiger partial charge >= 0.3 is 5.97 Å². The van der Waals surface area contributed by atoms with Gasteiger partial charge in [0.25, 0.3) is 0 Å². The second-order valence-corrected chi connectivity index (χ2v) is 6.84. The molecule has 0 aliphatic rings. The lowest BCUT2D eigenvalue weighted by atomic mass is 10.2. The van der Waals surface area contributed by atoms with Crippen molar-refractivity contribution >= 4 is 29.3 Å². The molecule has 9 nitrogen and oxygen atoms in total. The van der Waals surface area contributed by atoms with Crippen LogP contribution in [0.25, 0.3) is 0 Å². The van der Waals surface area contributed by atoms with Gasteiger partial charge in [0.05, 0.1) is 18.4 Å². The van der Waals surface area contributed by atoms with Crippen LogP contribution in [0.1, 0.15) is 16.2 Å². The van der Waals surface area contributed by atoms with Crippen LogP contribution in [-0.4, -0.2) is 39.6 Å². The van der Waals surface area contributed by atoms with Crippen molar-refractivity contribution in [2.45, 2.75) is 11.8 Å². The molecular formula is C19H18FN5O4S. The number of nitrogens with two attached hydrogens (primary N) is 1. The zero-order chi connectivity index (χ0) is 21.5. The number of carbonyl (C=O) groups is 2. The molecule has 0 saturated heterocycles. The average Bonchev–Trinajstić information content (AvgIpc) is 3.11. The second-order valence-electron chi connectivity index (χ2n) is 5.89. The minimum absolute atomic E-state index is 0.0300. The molecule has 3 N–H and O–H groups in total. The molecule has 11 heteroatoms. The number of amides is 1. The minimum Gasteiger partial charge on any atom is -0.482 e. The topological polar surface area (TPSA) is 121 Å². The number of halogens is 1. The van der Waals surface area contributed by atoms with Gasteiger partial charge in [0.1, 0.15) is 6.61 Å². The number of para-hydroxylation sites is 1. The van der Waals surface area contributed by atoms with Gasteiger partial charge in [-0.15, -0.1) is 10.2 Å². The van der Waals surface area contributed by atoms with E-state index in [0.717, 1.165) is 11.8 Å². The Bertz CT molecular complexity index is 1040. The van der Waals surface area contributed by atoms with Crippen LogP contribution in [0.4, 0.5) is 10.1 Å². The van der Waals surface area contributed by atoms with Crippen LogP contribution < -0.4 is 15.9 Å². The largest absolute Gasteiger partial charge is 0.482 e. The quantitative estimate of drug-likeness (QED) is 0.316. The van der Waals surface area contributed by atoms with Crippen molar-refractivity contribution in [3.63, 3.8) is 0 Å². The number of ether oxygens (including phenoxy) is 2. The Morgan fingerprint density at radius 1 is 1.17 bits per heavy atom. The Labute approximate surface area is 175 Å². The van der Waals surface area contributed by atoms with Crippen LogP contribution in [0.5, 0.6) is 5.75 Å². The van der Waals surface area contributed by atoms with Crippen LogP contribution in [-0.2, 0) is 16.1 Å². The fourth-order valence-corrected chi connectivity index (χ4v) is 3.02. The fourth-order valence-electron chi connectivity index (χ4n) is 2.34. The Hall–Kier alpha value is -3.60. The van der Waals surface area contributed by atoms with Gasteiger partial charge in [-0.1, -0.05) is 23.9 Å². The van der Waals surface area contributed by atoms with Crippen molar-refractivity contribution in [1.82, 2.24) is 14.9 Å². The van der Waals surface area contributed by atoms with Gasteiger partial charge in [-0.3, -0.25) is 4.79 Å². The summed E-state index contributed by atoms with van der Waals surface area (Å²) in [6.07, 6.45) is 0. The molecule has 2 aromatic carbocycles. The predicted octanol–water partition coefficient (Wildman–Crippen LogP) is 2.23. The maximum absolute atomic E-state index is 13.6. The van der Waals surface area contributed by atoms with E-state index < -0.39 is 11.8 Å². The van der Waals surface area contributed by atoms with E-state index in [1.54, 1.807) is 36.4 Å². The van der Waals surface area contributed by atoms with Crippen molar-refractivity contribution in [2.75, 3.05) is 24.0 Å². The third-order valence-electron chi connectivity index (χ3n) is 3.85. The first-order chi connectivity index (χ1) is 14.5. The molecule has 0 unspecified atom stereocenters. The van der Waals surface area contributed by atoms with E-state index in [-0.39, 0.29) is 29.8 Å². The molecule has 0 spiro atoms. The maximum Gasteiger partial charge on any atom is 0.337 e. The molecule has 0 radical (unpaired) electrons. The van der Waals surface area contributed by atoms with Crippen LogP contribution >= 0.6 is 11.8 Å². The number of benzene rings is 2. The highest BCUT2D eigenvalue weighted by molar-refractivity contribution is 7.99. The predicted molar refractivity (Wildman–Crippen MR) is 108 cm³/mol. The van der Waals surface area contributed by atoms with Crippen LogP contribution in [0, 0.1) is 5.82 Å². The lowest BCUT2D eigenvalue weighted by molar-refractivity contribution is -0.113. The lowest BCUT2D eigenvalue weighted by Gasteiger charge is -2.07. The second kappa shape index (κ2) is 9.74. The molecule has 0 saturated carbocycles. The number of nitrogens with zero attached hydrogens (tertiary/aromatic N) is 3. The summed E-state index contributed by atoms with van der Waals surface area (Å²) in [5.41, 5.74) is 0.910. The van der Waals surface area contributed by atoms with Gasteiger partial charge in [-0.25, -0.2) is 13.9 Å². The third-order valence-corrected chi connectivity index (χ3v) is 4.79. The van der Waals surface area contributed by atoms with Gasteiger partial charge in [0.2, 0.25) is 11.1 Å². The van der Waals surface area contributed by atoms with E-state index >= 15 is 0 Å². The Kier molecular flexibility index (Phi) is 6.86. The van der Waals surface area contributed by atoms with Gasteiger partial charge < -0.3 is 20.6 Å². The SMILES string of the molecule is COC(=O)c1ccc(NC(=O)CSc2nnc(COc3ccccc3F)n2N)cc1. The number of hydrogen-bond donors (Lipinski definition) is 2. The summed E-state index contributed by atoms with van der Waals surface area (Å²) < 4.78 is 24.8. The molecule has 1 aromatic heterocycles. The Balaban J connectivity index is 1.51. The summed E-state index contributed by atoms with van der Waals surface area (Å²) in [4.78, 5) is 23.6. The summed E-state index contributed by atoms with van der Waals surface area (Å²) in [5, 5.41) is 10.8. The number of hydrogen-bond acceptors (Lipinski definition) is 8. The zero-order valence-corrected chi connectivity index (χ0v) is 16.7. The smallest absolute Gasteiger partial charge is 0.337 e. The summed E-state index contributed by atoms with van der Waals surface area (Å²) in [7, 11) is 1.29. The average molecular weight is 431 g/mol. The first-order valence-corrected chi connectivity index (χ1v) is 9.64. The van der Waals surface area contributed by atoms with E-state index in [0.29, 0.717) is 16.4 Å². The van der Waals surface area contributed by atoms with Gasteiger partial charge in [-0.05, 0) is 36.4 Å². The number of aromatic nitrogens is 3. The lowest BCUT2D eigenvalue weighted by Crippen LogP contribution is -2.18. The minimum atomic E-state index is -0.494. The standard InChI is InChI=1S/C19H18FN5O4S/c1-28-18(27)12-6-8-13(9-7-12)22-17(26)11-30-19-24-23-16(25(19)21)10-29-15-5-3-2-4-14(15)20/h2-9H,10-11,21H2,1H3,(H,22,26). The Morgan fingerprint density at radius 3 is 2.60 bits per heavy atom. The number of rotatable bonds is 8. The number of nitrogens with one attached hydrogen (secondary N) is 1. The van der Waals surface area contributed by atoms with Gasteiger partial charge in [0, 0.05) is 5.69 Å². The number of anilines is 1. The molecule has 30 heavy (non-hydrogen) atoms. The van der Waals surface area contributed by atoms with Gasteiger partial charge in [0.15, 0.2) is 17.4 Å². The highest BCUT2D eigenvalue weighted by atomic mass is 32.2. The number of thioether (sulfide) groups is 1. The van der Waals surface area contributed by atoms with Crippen molar-refractivity contribution < 1.29 is 23.5 Å². The number of esters is 1. The highest BCUT2D eigenvalue weighted by Gasteiger charge is 2.14. The number of methoxy groups -OCH3 is 1. The fraction of sp³-hybridized carbons (Fsp3) is 0.158. The molecule has 3 rings (SSSR count). The number of nitrogen functional groups attached to an aromatic ring is 1.